The molecule has 2 N–H and O–H groups in total. The van der Waals surface area contributed by atoms with E-state index < -0.39 is 0 Å². The van der Waals surface area contributed by atoms with E-state index in [1.807, 2.05) is 19.9 Å². The molecule has 0 radical (unpaired) electrons. The van der Waals surface area contributed by atoms with Crippen molar-refractivity contribution in [2.24, 2.45) is 5.73 Å². The second kappa shape index (κ2) is 3.81. The maximum atomic E-state index is 5.87. The van der Waals surface area contributed by atoms with Gasteiger partial charge in [0, 0.05) is 17.3 Å². The van der Waals surface area contributed by atoms with Crippen molar-refractivity contribution in [1.82, 2.24) is 4.98 Å². The quantitative estimate of drug-likeness (QED) is 0.820. The summed E-state index contributed by atoms with van der Waals surface area (Å²) in [7, 11) is 0. The number of aromatic nitrogens is 1. The Morgan fingerprint density at radius 3 is 2.87 bits per heavy atom. The zero-order valence-electron chi connectivity index (χ0n) is 9.36. The third kappa shape index (κ3) is 2.93. The predicted molar refractivity (Wildman–Crippen MR) is 60.0 cm³/mol. The third-order valence-corrected chi connectivity index (χ3v) is 2.40. The number of ether oxygens (including phenoxy) is 1. The molecule has 15 heavy (non-hydrogen) atoms. The normalized spacial score (nSPS) is 16.5. The molecule has 3 nitrogen and oxygen atoms in total. The Morgan fingerprint density at radius 1 is 1.53 bits per heavy atom. The molecular formula is C12H18N2O. The van der Waals surface area contributed by atoms with Crippen LogP contribution in [-0.4, -0.2) is 17.1 Å². The lowest BCUT2D eigenvalue weighted by Gasteiger charge is -2.19. The van der Waals surface area contributed by atoms with Crippen LogP contribution >= 0.6 is 0 Å². The number of hydrogen-bond donors (Lipinski definition) is 1. The highest BCUT2D eigenvalue weighted by Gasteiger charge is 2.27. The highest BCUT2D eigenvalue weighted by atomic mass is 16.5. The Balaban J connectivity index is 2.06. The largest absolute Gasteiger partial charge is 0.476 e. The molecule has 0 bridgehead atoms. The minimum atomic E-state index is -0.307. The average molecular weight is 206 g/mol. The van der Waals surface area contributed by atoms with E-state index in [1.54, 1.807) is 6.20 Å². The van der Waals surface area contributed by atoms with Crippen LogP contribution in [0.2, 0.25) is 0 Å². The Hall–Kier alpha value is -1.09. The molecule has 1 aliphatic carbocycles. The number of nitrogens with zero attached hydrogens (tertiary/aromatic N) is 1. The van der Waals surface area contributed by atoms with Crippen molar-refractivity contribution in [2.45, 2.75) is 38.1 Å². The van der Waals surface area contributed by atoms with E-state index in [4.69, 9.17) is 10.5 Å². The van der Waals surface area contributed by atoms with Crippen molar-refractivity contribution in [3.63, 3.8) is 0 Å². The molecule has 0 amide bonds. The molecule has 1 saturated carbocycles. The van der Waals surface area contributed by atoms with Gasteiger partial charge in [-0.25, -0.2) is 4.98 Å². The number of rotatable bonds is 4. The fraction of sp³-hybridized carbons (Fsp3) is 0.583. The summed E-state index contributed by atoms with van der Waals surface area (Å²) in [6.07, 6.45) is 4.28. The van der Waals surface area contributed by atoms with Crippen LogP contribution in [0.25, 0.3) is 0 Å². The van der Waals surface area contributed by atoms with Gasteiger partial charge in [0.15, 0.2) is 0 Å². The van der Waals surface area contributed by atoms with Crippen LogP contribution in [0, 0.1) is 0 Å². The fourth-order valence-electron chi connectivity index (χ4n) is 1.48. The van der Waals surface area contributed by atoms with E-state index in [0.717, 1.165) is 5.88 Å². The second-order valence-corrected chi connectivity index (χ2v) is 4.95. The zero-order valence-corrected chi connectivity index (χ0v) is 9.36. The van der Waals surface area contributed by atoms with E-state index in [0.29, 0.717) is 12.5 Å². The highest BCUT2D eigenvalue weighted by Crippen LogP contribution is 2.43. The Kier molecular flexibility index (Phi) is 2.65. The third-order valence-electron chi connectivity index (χ3n) is 2.40. The van der Waals surface area contributed by atoms with E-state index >= 15 is 0 Å². The lowest BCUT2D eigenvalue weighted by molar-refractivity contribution is 0.233. The van der Waals surface area contributed by atoms with Crippen molar-refractivity contribution in [3.8, 4) is 5.88 Å². The first-order valence-electron chi connectivity index (χ1n) is 5.43. The lowest BCUT2D eigenvalue weighted by atomic mass is 10.1. The van der Waals surface area contributed by atoms with E-state index in [1.165, 1.54) is 18.4 Å². The smallest absolute Gasteiger partial charge is 0.216 e. The van der Waals surface area contributed by atoms with Crippen LogP contribution in [0.3, 0.4) is 0 Å². The van der Waals surface area contributed by atoms with Gasteiger partial charge in [-0.3, -0.25) is 0 Å². The Morgan fingerprint density at radius 2 is 2.27 bits per heavy atom. The molecule has 1 aliphatic rings. The molecule has 0 unspecified atom stereocenters. The van der Waals surface area contributed by atoms with Crippen LogP contribution in [0.1, 0.15) is 38.2 Å². The summed E-state index contributed by atoms with van der Waals surface area (Å²) in [4.78, 5) is 4.27. The molecule has 1 aromatic heterocycles. The summed E-state index contributed by atoms with van der Waals surface area (Å²) in [5.74, 6) is 1.42. The molecule has 3 heteroatoms. The minimum absolute atomic E-state index is 0.307. The van der Waals surface area contributed by atoms with Crippen LogP contribution in [0.15, 0.2) is 18.3 Å². The average Bonchev–Trinajstić information content (AvgIpc) is 2.97. The van der Waals surface area contributed by atoms with Crippen molar-refractivity contribution >= 4 is 0 Å². The summed E-state index contributed by atoms with van der Waals surface area (Å²) < 4.78 is 5.67. The van der Waals surface area contributed by atoms with E-state index in [-0.39, 0.29) is 5.54 Å². The highest BCUT2D eigenvalue weighted by molar-refractivity contribution is 5.32. The Labute approximate surface area is 90.7 Å². The minimum Gasteiger partial charge on any atom is -0.476 e. The summed E-state index contributed by atoms with van der Waals surface area (Å²) >= 11 is 0. The first-order valence-corrected chi connectivity index (χ1v) is 5.43. The van der Waals surface area contributed by atoms with Gasteiger partial charge in [0.25, 0.3) is 0 Å². The molecule has 2 rings (SSSR count). The van der Waals surface area contributed by atoms with Gasteiger partial charge in [0.05, 0.1) is 0 Å². The molecule has 0 atom stereocenters. The van der Waals surface area contributed by atoms with Crippen LogP contribution in [-0.2, 0) is 0 Å². The molecule has 0 aliphatic heterocycles. The van der Waals surface area contributed by atoms with Crippen molar-refractivity contribution in [3.05, 3.63) is 23.9 Å². The predicted octanol–water partition coefficient (Wildman–Crippen LogP) is 2.08. The van der Waals surface area contributed by atoms with Gasteiger partial charge >= 0.3 is 0 Å². The van der Waals surface area contributed by atoms with Gasteiger partial charge in [0.2, 0.25) is 5.88 Å². The van der Waals surface area contributed by atoms with Crippen LogP contribution in [0.5, 0.6) is 5.88 Å². The van der Waals surface area contributed by atoms with Gasteiger partial charge in [-0.05, 0) is 38.7 Å². The topological polar surface area (TPSA) is 48.1 Å². The lowest BCUT2D eigenvalue weighted by Crippen LogP contribution is -2.38. The summed E-state index contributed by atoms with van der Waals surface area (Å²) in [5.41, 5.74) is 6.80. The molecule has 0 saturated heterocycles. The van der Waals surface area contributed by atoms with Crippen LogP contribution in [0.4, 0.5) is 0 Å². The van der Waals surface area contributed by atoms with Gasteiger partial charge < -0.3 is 10.5 Å². The molecule has 1 heterocycles. The van der Waals surface area contributed by atoms with Gasteiger partial charge in [-0.15, -0.1) is 0 Å². The van der Waals surface area contributed by atoms with Crippen molar-refractivity contribution in [2.75, 3.05) is 6.61 Å². The molecular weight excluding hydrogens is 188 g/mol. The first kappa shape index (κ1) is 10.4. The second-order valence-electron chi connectivity index (χ2n) is 4.95. The SMILES string of the molecule is CC(C)(N)COc1ncccc1C1CC1. The van der Waals surface area contributed by atoms with E-state index in [9.17, 15) is 0 Å². The number of hydrogen-bond acceptors (Lipinski definition) is 3. The maximum absolute atomic E-state index is 5.87. The van der Waals surface area contributed by atoms with E-state index in [2.05, 4.69) is 11.1 Å². The van der Waals surface area contributed by atoms with Gasteiger partial charge in [-0.2, -0.15) is 0 Å². The molecule has 0 aromatic carbocycles. The summed E-state index contributed by atoms with van der Waals surface area (Å²) in [6, 6.07) is 4.07. The fourth-order valence-corrected chi connectivity index (χ4v) is 1.48. The first-order chi connectivity index (χ1) is 7.06. The molecule has 1 aromatic rings. The number of pyridine rings is 1. The Bertz CT molecular complexity index is 340. The molecule has 82 valence electrons. The summed E-state index contributed by atoms with van der Waals surface area (Å²) in [6.45, 7) is 4.41. The van der Waals surface area contributed by atoms with Crippen molar-refractivity contribution in [1.29, 1.82) is 0 Å². The van der Waals surface area contributed by atoms with Crippen molar-refractivity contribution < 1.29 is 4.74 Å². The van der Waals surface area contributed by atoms with Gasteiger partial charge in [-0.1, -0.05) is 6.07 Å². The number of nitrogens with two attached hydrogens (primary N) is 1. The summed E-state index contributed by atoms with van der Waals surface area (Å²) in [5, 5.41) is 0. The monoisotopic (exact) mass is 206 g/mol. The molecule has 0 spiro atoms. The van der Waals surface area contributed by atoms with Gasteiger partial charge in [0.1, 0.15) is 6.61 Å². The standard InChI is InChI=1S/C12H18N2O/c1-12(2,13)8-15-11-10(9-5-6-9)4-3-7-14-11/h3-4,7,9H,5-6,8,13H2,1-2H3. The van der Waals surface area contributed by atoms with Crippen LogP contribution < -0.4 is 10.5 Å². The molecule has 1 fully saturated rings. The maximum Gasteiger partial charge on any atom is 0.216 e. The zero-order chi connectivity index (χ0) is 10.9.